The van der Waals surface area contributed by atoms with Gasteiger partial charge in [-0.2, -0.15) is 0 Å². The van der Waals surface area contributed by atoms with Crippen LogP contribution >= 0.6 is 23.1 Å². The molecule has 0 N–H and O–H groups in total. The molecule has 8 heteroatoms. The zero-order chi connectivity index (χ0) is 21.8. The minimum Gasteiger partial charge on any atom is -0.497 e. The van der Waals surface area contributed by atoms with Crippen molar-refractivity contribution in [2.75, 3.05) is 20.2 Å². The second kappa shape index (κ2) is 9.85. The lowest BCUT2D eigenvalue weighted by Gasteiger charge is -2.15. The molecule has 1 aliphatic rings. The number of thioether (sulfide) groups is 1. The fraction of sp³-hybridized carbons (Fsp3) is 0.292. The maximum atomic E-state index is 5.34. The molecule has 0 atom stereocenters. The minimum absolute atomic E-state index is 0.745. The van der Waals surface area contributed by atoms with Gasteiger partial charge in [-0.3, -0.25) is 9.47 Å². The van der Waals surface area contributed by atoms with E-state index < -0.39 is 0 Å². The number of rotatable bonds is 8. The first-order chi connectivity index (χ1) is 15.8. The quantitative estimate of drug-likeness (QED) is 0.331. The lowest BCUT2D eigenvalue weighted by atomic mass is 10.2. The summed E-state index contributed by atoms with van der Waals surface area (Å²) in [5.74, 6) is 2.58. The van der Waals surface area contributed by atoms with Crippen LogP contribution in [0.4, 0.5) is 0 Å². The van der Waals surface area contributed by atoms with E-state index in [1.54, 1.807) is 30.2 Å². The van der Waals surface area contributed by atoms with Crippen LogP contribution in [0.25, 0.3) is 16.3 Å². The third-order valence-corrected chi connectivity index (χ3v) is 7.40. The third-order valence-electron chi connectivity index (χ3n) is 5.50. The highest BCUT2D eigenvalue weighted by atomic mass is 32.2. The van der Waals surface area contributed by atoms with E-state index in [1.807, 2.05) is 24.3 Å². The van der Waals surface area contributed by atoms with Gasteiger partial charge in [0.2, 0.25) is 0 Å². The molecule has 0 unspecified atom stereocenters. The summed E-state index contributed by atoms with van der Waals surface area (Å²) in [5.41, 5.74) is 3.22. The molecule has 1 aliphatic heterocycles. The molecule has 0 saturated carbocycles. The molecule has 1 fully saturated rings. The van der Waals surface area contributed by atoms with Gasteiger partial charge < -0.3 is 4.74 Å². The zero-order valence-electron chi connectivity index (χ0n) is 18.0. The van der Waals surface area contributed by atoms with Gasteiger partial charge >= 0.3 is 0 Å². The Morgan fingerprint density at radius 1 is 1.03 bits per heavy atom. The predicted octanol–water partition coefficient (Wildman–Crippen LogP) is 5.29. The summed E-state index contributed by atoms with van der Waals surface area (Å²) in [6.07, 6.45) is 2.53. The molecule has 0 radical (unpaired) electrons. The summed E-state index contributed by atoms with van der Waals surface area (Å²) in [6.45, 7) is 3.10. The Kier molecular flexibility index (Phi) is 6.52. The van der Waals surface area contributed by atoms with E-state index in [9.17, 15) is 0 Å². The molecule has 0 spiro atoms. The standard InChI is InChI=1S/C24H25N5OS2/c1-30-21-11-7-8-18(14-21)23-25-19(16-31-23)17-32-24-27-26-22(15-28-12-5-6-13-28)29(24)20-9-3-2-4-10-20/h2-4,7-11,14,16H,5-6,12-13,15,17H2,1H3. The van der Waals surface area contributed by atoms with E-state index in [0.717, 1.165) is 64.1 Å². The predicted molar refractivity (Wildman–Crippen MR) is 130 cm³/mol. The SMILES string of the molecule is COc1cccc(-c2nc(CSc3nnc(CN4CCCC4)n3-c3ccccc3)cs2)c1. The van der Waals surface area contributed by atoms with E-state index >= 15 is 0 Å². The van der Waals surface area contributed by atoms with Gasteiger partial charge in [-0.15, -0.1) is 21.5 Å². The molecule has 2 aromatic heterocycles. The fourth-order valence-corrected chi connectivity index (χ4v) is 5.66. The van der Waals surface area contributed by atoms with Crippen LogP contribution in [-0.2, 0) is 12.3 Å². The number of hydrogen-bond donors (Lipinski definition) is 0. The van der Waals surface area contributed by atoms with Gasteiger partial charge in [-0.05, 0) is 50.2 Å². The number of thiazole rings is 1. The van der Waals surface area contributed by atoms with Gasteiger partial charge in [0.15, 0.2) is 11.0 Å². The topological polar surface area (TPSA) is 56.1 Å². The van der Waals surface area contributed by atoms with Crippen molar-refractivity contribution in [3.05, 3.63) is 71.5 Å². The Balaban J connectivity index is 1.35. The van der Waals surface area contributed by atoms with Crippen LogP contribution in [0.1, 0.15) is 24.4 Å². The number of para-hydroxylation sites is 1. The maximum absolute atomic E-state index is 5.34. The van der Waals surface area contributed by atoms with E-state index in [0.29, 0.717) is 0 Å². The van der Waals surface area contributed by atoms with E-state index in [-0.39, 0.29) is 0 Å². The van der Waals surface area contributed by atoms with Gasteiger partial charge in [-0.1, -0.05) is 42.1 Å². The molecule has 0 aliphatic carbocycles. The van der Waals surface area contributed by atoms with Crippen LogP contribution in [0, 0.1) is 0 Å². The van der Waals surface area contributed by atoms with Crippen molar-refractivity contribution >= 4 is 23.1 Å². The average molecular weight is 464 g/mol. The molecule has 164 valence electrons. The van der Waals surface area contributed by atoms with Crippen molar-refractivity contribution in [2.24, 2.45) is 0 Å². The van der Waals surface area contributed by atoms with Crippen LogP contribution in [0.5, 0.6) is 5.75 Å². The molecule has 6 nitrogen and oxygen atoms in total. The lowest BCUT2D eigenvalue weighted by molar-refractivity contribution is 0.319. The number of aromatic nitrogens is 4. The first kappa shape index (κ1) is 21.2. The Labute approximate surface area is 196 Å². The van der Waals surface area contributed by atoms with Crippen LogP contribution in [0.3, 0.4) is 0 Å². The molecule has 4 aromatic rings. The first-order valence-electron chi connectivity index (χ1n) is 10.7. The van der Waals surface area contributed by atoms with E-state index in [4.69, 9.17) is 9.72 Å². The monoisotopic (exact) mass is 463 g/mol. The van der Waals surface area contributed by atoms with Gasteiger partial charge in [0, 0.05) is 22.4 Å². The second-order valence-corrected chi connectivity index (χ2v) is 9.52. The molecule has 1 saturated heterocycles. The molecule has 0 bridgehead atoms. The number of methoxy groups -OCH3 is 1. The minimum atomic E-state index is 0.745. The van der Waals surface area contributed by atoms with Gasteiger partial charge in [-0.25, -0.2) is 4.98 Å². The Hall–Kier alpha value is -2.68. The van der Waals surface area contributed by atoms with Crippen molar-refractivity contribution < 1.29 is 4.74 Å². The molecular weight excluding hydrogens is 438 g/mol. The van der Waals surface area contributed by atoms with Gasteiger partial charge in [0.25, 0.3) is 0 Å². The number of ether oxygens (including phenoxy) is 1. The van der Waals surface area contributed by atoms with Crippen molar-refractivity contribution in [3.63, 3.8) is 0 Å². The van der Waals surface area contributed by atoms with Gasteiger partial charge in [0.05, 0.1) is 19.3 Å². The first-order valence-corrected chi connectivity index (χ1v) is 12.6. The average Bonchev–Trinajstić information content (AvgIpc) is 3.60. The summed E-state index contributed by atoms with van der Waals surface area (Å²) < 4.78 is 7.54. The van der Waals surface area contributed by atoms with E-state index in [2.05, 4.69) is 55.4 Å². The third kappa shape index (κ3) is 4.72. The number of nitrogens with zero attached hydrogens (tertiary/aromatic N) is 5. The van der Waals surface area contributed by atoms with Crippen LogP contribution in [-0.4, -0.2) is 44.8 Å². The van der Waals surface area contributed by atoms with Crippen LogP contribution in [0.15, 0.2) is 65.1 Å². The molecule has 3 heterocycles. The summed E-state index contributed by atoms with van der Waals surface area (Å²) >= 11 is 3.33. The maximum Gasteiger partial charge on any atom is 0.196 e. The Bertz CT molecular complexity index is 1170. The molecule has 0 amide bonds. The Morgan fingerprint density at radius 2 is 1.88 bits per heavy atom. The smallest absolute Gasteiger partial charge is 0.196 e. The van der Waals surface area contributed by atoms with Crippen molar-refractivity contribution in [2.45, 2.75) is 30.3 Å². The summed E-state index contributed by atoms with van der Waals surface area (Å²) in [7, 11) is 1.68. The Morgan fingerprint density at radius 3 is 2.69 bits per heavy atom. The van der Waals surface area contributed by atoms with Gasteiger partial charge in [0.1, 0.15) is 10.8 Å². The lowest BCUT2D eigenvalue weighted by Crippen LogP contribution is -2.21. The largest absolute Gasteiger partial charge is 0.497 e. The number of benzene rings is 2. The molecule has 2 aromatic carbocycles. The highest BCUT2D eigenvalue weighted by Gasteiger charge is 2.19. The number of likely N-dealkylation sites (tertiary alicyclic amines) is 1. The molecule has 5 rings (SSSR count). The summed E-state index contributed by atoms with van der Waals surface area (Å²) in [6, 6.07) is 18.4. The van der Waals surface area contributed by atoms with Crippen LogP contribution in [0.2, 0.25) is 0 Å². The summed E-state index contributed by atoms with van der Waals surface area (Å²) in [5, 5.41) is 13.1. The van der Waals surface area contributed by atoms with E-state index in [1.165, 1.54) is 12.8 Å². The van der Waals surface area contributed by atoms with Crippen molar-refractivity contribution in [1.82, 2.24) is 24.6 Å². The highest BCUT2D eigenvalue weighted by Crippen LogP contribution is 2.30. The summed E-state index contributed by atoms with van der Waals surface area (Å²) in [4.78, 5) is 7.30. The van der Waals surface area contributed by atoms with Crippen molar-refractivity contribution in [1.29, 1.82) is 0 Å². The molecule has 32 heavy (non-hydrogen) atoms. The fourth-order valence-electron chi connectivity index (χ4n) is 3.87. The van der Waals surface area contributed by atoms with Crippen molar-refractivity contribution in [3.8, 4) is 22.0 Å². The number of hydrogen-bond acceptors (Lipinski definition) is 7. The second-order valence-electron chi connectivity index (χ2n) is 7.72. The zero-order valence-corrected chi connectivity index (χ0v) is 19.6. The van der Waals surface area contributed by atoms with Crippen LogP contribution < -0.4 is 4.74 Å². The highest BCUT2D eigenvalue weighted by molar-refractivity contribution is 7.98. The molecular formula is C24H25N5OS2. The normalized spacial score (nSPS) is 14.2.